The quantitative estimate of drug-likeness (QED) is 0.740. The van der Waals surface area contributed by atoms with Gasteiger partial charge in [0.1, 0.15) is 5.82 Å². The van der Waals surface area contributed by atoms with Crippen LogP contribution in [0.3, 0.4) is 0 Å². The summed E-state index contributed by atoms with van der Waals surface area (Å²) in [5.74, 6) is -0.600. The van der Waals surface area contributed by atoms with Crippen LogP contribution < -0.4 is 4.72 Å². The van der Waals surface area contributed by atoms with Gasteiger partial charge in [-0.1, -0.05) is 35.9 Å². The highest BCUT2D eigenvalue weighted by molar-refractivity contribution is 7.92. The van der Waals surface area contributed by atoms with Gasteiger partial charge in [-0.25, -0.2) is 12.8 Å². The summed E-state index contributed by atoms with van der Waals surface area (Å²) in [6, 6.07) is 13.0. The van der Waals surface area contributed by atoms with Crippen LogP contribution in [-0.4, -0.2) is 18.2 Å². The van der Waals surface area contributed by atoms with Crippen LogP contribution in [0, 0.1) is 26.6 Å². The number of anilines is 1. The highest BCUT2D eigenvalue weighted by atomic mass is 32.2. The van der Waals surface area contributed by atoms with E-state index >= 15 is 0 Å². The van der Waals surface area contributed by atoms with Crippen LogP contribution in [0.4, 0.5) is 10.1 Å². The molecule has 0 radical (unpaired) electrons. The van der Waals surface area contributed by atoms with E-state index in [0.717, 1.165) is 17.2 Å². The molecule has 2 aromatic carbocycles. The van der Waals surface area contributed by atoms with Gasteiger partial charge in [-0.15, -0.1) is 0 Å². The number of sulfonamides is 1. The maximum Gasteiger partial charge on any atom is 0.262 e. The third-order valence-electron chi connectivity index (χ3n) is 4.14. The predicted molar refractivity (Wildman–Crippen MR) is 99.2 cm³/mol. The Balaban J connectivity index is 1.91. The number of hydrogen-bond donors (Lipinski definition) is 1. The van der Waals surface area contributed by atoms with Crippen molar-refractivity contribution < 1.29 is 12.8 Å². The third-order valence-corrected chi connectivity index (χ3v) is 5.49. The van der Waals surface area contributed by atoms with Crippen molar-refractivity contribution in [1.29, 1.82) is 0 Å². The average molecular weight is 373 g/mol. The fourth-order valence-electron chi connectivity index (χ4n) is 2.81. The van der Waals surface area contributed by atoms with E-state index in [1.165, 1.54) is 18.2 Å². The minimum absolute atomic E-state index is 0.122. The first-order chi connectivity index (χ1) is 12.3. The van der Waals surface area contributed by atoms with E-state index in [1.807, 2.05) is 25.1 Å². The molecule has 0 amide bonds. The van der Waals surface area contributed by atoms with Crippen molar-refractivity contribution in [3.8, 4) is 0 Å². The first-order valence-electron chi connectivity index (χ1n) is 8.14. The summed E-state index contributed by atoms with van der Waals surface area (Å²) in [4.78, 5) is -0.122. The second-order valence-corrected chi connectivity index (χ2v) is 7.94. The summed E-state index contributed by atoms with van der Waals surface area (Å²) in [5, 5.41) is 4.45. The molecule has 0 aliphatic heterocycles. The molecule has 7 heteroatoms. The number of hydrogen-bond acceptors (Lipinski definition) is 3. The zero-order valence-corrected chi connectivity index (χ0v) is 15.6. The Kier molecular flexibility index (Phi) is 4.82. The Labute approximate surface area is 152 Å². The number of aryl methyl sites for hydroxylation is 2. The number of benzene rings is 2. The smallest absolute Gasteiger partial charge is 0.262 e. The first kappa shape index (κ1) is 18.1. The van der Waals surface area contributed by atoms with E-state index in [4.69, 9.17) is 0 Å². The number of rotatable bonds is 5. The fourth-order valence-corrected chi connectivity index (χ4v) is 4.02. The highest BCUT2D eigenvalue weighted by Crippen LogP contribution is 2.24. The number of halogens is 1. The maximum atomic E-state index is 13.4. The van der Waals surface area contributed by atoms with Gasteiger partial charge in [0, 0.05) is 0 Å². The van der Waals surface area contributed by atoms with Crippen molar-refractivity contribution in [3.05, 3.63) is 76.9 Å². The molecule has 5 nitrogen and oxygen atoms in total. The van der Waals surface area contributed by atoms with Crippen LogP contribution in [0.25, 0.3) is 0 Å². The summed E-state index contributed by atoms with van der Waals surface area (Å²) in [7, 11) is -3.89. The number of aromatic nitrogens is 2. The van der Waals surface area contributed by atoms with Crippen LogP contribution in [0.5, 0.6) is 0 Å². The molecule has 1 N–H and O–H groups in total. The molecule has 3 rings (SSSR count). The van der Waals surface area contributed by atoms with E-state index < -0.39 is 15.8 Å². The maximum absolute atomic E-state index is 13.4. The van der Waals surface area contributed by atoms with Crippen molar-refractivity contribution in [3.63, 3.8) is 0 Å². The van der Waals surface area contributed by atoms with Crippen molar-refractivity contribution in [1.82, 2.24) is 9.78 Å². The van der Waals surface area contributed by atoms with Crippen LogP contribution in [0.15, 0.2) is 53.4 Å². The van der Waals surface area contributed by atoms with E-state index in [2.05, 4.69) is 15.9 Å². The summed E-state index contributed by atoms with van der Waals surface area (Å²) in [6.07, 6.45) is 0. The molecule has 0 spiro atoms. The molecule has 0 saturated carbocycles. The minimum Gasteiger partial charge on any atom is -0.276 e. The second-order valence-electron chi connectivity index (χ2n) is 6.26. The standard InChI is InChI=1S/C19H20FN3O2S/c1-13-6-4-7-16(10-13)12-23-15(3)19(14(2)21-23)22-26(24,25)18-9-5-8-17(20)11-18/h4-11,22H,12H2,1-3H3. The van der Waals surface area contributed by atoms with E-state index in [1.54, 1.807) is 18.5 Å². The molecule has 0 saturated heterocycles. The van der Waals surface area contributed by atoms with Gasteiger partial charge < -0.3 is 0 Å². The molecule has 1 heterocycles. The van der Waals surface area contributed by atoms with Crippen molar-refractivity contribution in [2.75, 3.05) is 4.72 Å². The van der Waals surface area contributed by atoms with Gasteiger partial charge in [0.25, 0.3) is 10.0 Å². The largest absolute Gasteiger partial charge is 0.276 e. The molecule has 0 unspecified atom stereocenters. The fraction of sp³-hybridized carbons (Fsp3) is 0.211. The lowest BCUT2D eigenvalue weighted by atomic mass is 10.1. The topological polar surface area (TPSA) is 64.0 Å². The monoisotopic (exact) mass is 373 g/mol. The van der Waals surface area contributed by atoms with Gasteiger partial charge >= 0.3 is 0 Å². The lowest BCUT2D eigenvalue weighted by Gasteiger charge is -2.09. The van der Waals surface area contributed by atoms with Gasteiger partial charge in [-0.2, -0.15) is 5.10 Å². The summed E-state index contributed by atoms with van der Waals surface area (Å²) >= 11 is 0. The number of nitrogens with one attached hydrogen (secondary N) is 1. The molecule has 1 aromatic heterocycles. The van der Waals surface area contributed by atoms with Gasteiger partial charge in [-0.3, -0.25) is 9.40 Å². The zero-order chi connectivity index (χ0) is 18.9. The van der Waals surface area contributed by atoms with E-state index in [9.17, 15) is 12.8 Å². The molecule has 0 aliphatic carbocycles. The molecule has 0 aliphatic rings. The Bertz CT molecular complexity index is 1060. The number of nitrogens with zero attached hydrogens (tertiary/aromatic N) is 2. The first-order valence-corrected chi connectivity index (χ1v) is 9.62. The molecule has 26 heavy (non-hydrogen) atoms. The van der Waals surface area contributed by atoms with Crippen LogP contribution >= 0.6 is 0 Å². The summed E-state index contributed by atoms with van der Waals surface area (Å²) < 4.78 is 42.8. The van der Waals surface area contributed by atoms with Gasteiger partial charge in [0.15, 0.2) is 0 Å². The highest BCUT2D eigenvalue weighted by Gasteiger charge is 2.20. The Hall–Kier alpha value is -2.67. The van der Waals surface area contributed by atoms with Gasteiger partial charge in [0.05, 0.1) is 28.5 Å². The SMILES string of the molecule is Cc1cccc(Cn2nc(C)c(NS(=O)(=O)c3cccc(F)c3)c2C)c1. The molecule has 0 bridgehead atoms. The van der Waals surface area contributed by atoms with E-state index in [-0.39, 0.29) is 4.90 Å². The second kappa shape index (κ2) is 6.92. The molecule has 3 aromatic rings. The Morgan fingerprint density at radius 3 is 2.50 bits per heavy atom. The summed E-state index contributed by atoms with van der Waals surface area (Å²) in [6.45, 7) is 6.10. The van der Waals surface area contributed by atoms with Crippen LogP contribution in [0.1, 0.15) is 22.5 Å². The Morgan fingerprint density at radius 2 is 1.81 bits per heavy atom. The average Bonchev–Trinajstić information content (AvgIpc) is 2.82. The summed E-state index contributed by atoms with van der Waals surface area (Å²) in [5.41, 5.74) is 3.91. The lowest BCUT2D eigenvalue weighted by molar-refractivity contribution is 0.595. The molecule has 136 valence electrons. The lowest BCUT2D eigenvalue weighted by Crippen LogP contribution is -2.14. The van der Waals surface area contributed by atoms with E-state index in [0.29, 0.717) is 23.6 Å². The van der Waals surface area contributed by atoms with Gasteiger partial charge in [-0.05, 0) is 44.5 Å². The third kappa shape index (κ3) is 3.77. The molecular formula is C19H20FN3O2S. The zero-order valence-electron chi connectivity index (χ0n) is 14.8. The van der Waals surface area contributed by atoms with Crippen molar-refractivity contribution >= 4 is 15.7 Å². The molecule has 0 fully saturated rings. The Morgan fingerprint density at radius 1 is 1.08 bits per heavy atom. The van der Waals surface area contributed by atoms with Crippen molar-refractivity contribution in [2.45, 2.75) is 32.2 Å². The van der Waals surface area contributed by atoms with Crippen LogP contribution in [0.2, 0.25) is 0 Å². The normalized spacial score (nSPS) is 11.5. The van der Waals surface area contributed by atoms with Gasteiger partial charge in [0.2, 0.25) is 0 Å². The predicted octanol–water partition coefficient (Wildman–Crippen LogP) is 3.80. The minimum atomic E-state index is -3.89. The van der Waals surface area contributed by atoms with Crippen molar-refractivity contribution in [2.24, 2.45) is 0 Å². The van der Waals surface area contributed by atoms with Crippen LogP contribution in [-0.2, 0) is 16.6 Å². The molecule has 0 atom stereocenters. The molecular weight excluding hydrogens is 353 g/mol.